The monoisotopic (exact) mass is 178 g/mol. The van der Waals surface area contributed by atoms with Gasteiger partial charge in [0.15, 0.2) is 5.78 Å². The highest BCUT2D eigenvalue weighted by atomic mass is 16.3. The Labute approximate surface area is 69.8 Å². The Balaban J connectivity index is 4.08. The summed E-state index contributed by atoms with van der Waals surface area (Å²) in [4.78, 5) is 10.7. The summed E-state index contributed by atoms with van der Waals surface area (Å²) >= 11 is 0. The SMILES string of the molecule is N[C@H]([C@H](O)CO)[C@H](N)C(=O)CO. The van der Waals surface area contributed by atoms with E-state index in [-0.39, 0.29) is 0 Å². The molecule has 6 nitrogen and oxygen atoms in total. The number of Topliss-reactive ketones (excluding diaryl/α,β-unsaturated/α-hetero) is 1. The number of carbonyl (C=O) groups is 1. The van der Waals surface area contributed by atoms with Crippen LogP contribution in [0.15, 0.2) is 0 Å². The standard InChI is InChI=1S/C6H14N2O4/c7-5(3(11)1-9)6(8)4(12)2-10/h3,5-6,9-11H,1-2,7-8H2/t3-,5-,6-/m1/s1. The van der Waals surface area contributed by atoms with Crippen LogP contribution in [-0.2, 0) is 4.79 Å². The first-order valence-corrected chi connectivity index (χ1v) is 3.48. The Morgan fingerprint density at radius 2 is 1.83 bits per heavy atom. The minimum atomic E-state index is -1.24. The molecule has 7 N–H and O–H groups in total. The van der Waals surface area contributed by atoms with E-state index in [9.17, 15) is 4.79 Å². The summed E-state index contributed by atoms with van der Waals surface area (Å²) in [6.07, 6.45) is -1.24. The molecule has 0 spiro atoms. The number of aliphatic hydroxyl groups is 3. The quantitative estimate of drug-likeness (QED) is 0.298. The van der Waals surface area contributed by atoms with Gasteiger partial charge in [0.05, 0.1) is 24.8 Å². The van der Waals surface area contributed by atoms with Crippen molar-refractivity contribution in [1.29, 1.82) is 0 Å². The maximum absolute atomic E-state index is 10.7. The fraction of sp³-hybridized carbons (Fsp3) is 0.833. The predicted octanol–water partition coefficient (Wildman–Crippen LogP) is -3.44. The fourth-order valence-electron chi connectivity index (χ4n) is 0.681. The van der Waals surface area contributed by atoms with E-state index in [2.05, 4.69) is 0 Å². The molecule has 0 bridgehead atoms. The Kier molecular flexibility index (Phi) is 4.95. The second-order valence-electron chi connectivity index (χ2n) is 2.48. The summed E-state index contributed by atoms with van der Waals surface area (Å²) in [7, 11) is 0. The van der Waals surface area contributed by atoms with E-state index >= 15 is 0 Å². The number of aliphatic hydroxyl groups excluding tert-OH is 3. The van der Waals surface area contributed by atoms with Crippen LogP contribution in [0.4, 0.5) is 0 Å². The number of ketones is 1. The van der Waals surface area contributed by atoms with Gasteiger partial charge in [0, 0.05) is 0 Å². The second kappa shape index (κ2) is 5.18. The van der Waals surface area contributed by atoms with E-state index in [0.717, 1.165) is 0 Å². The van der Waals surface area contributed by atoms with Crippen molar-refractivity contribution in [2.24, 2.45) is 11.5 Å². The summed E-state index contributed by atoms with van der Waals surface area (Å²) in [6, 6.07) is -2.19. The van der Waals surface area contributed by atoms with Gasteiger partial charge in [-0.3, -0.25) is 4.79 Å². The molecule has 0 aromatic rings. The van der Waals surface area contributed by atoms with Gasteiger partial charge in [0.1, 0.15) is 6.61 Å². The van der Waals surface area contributed by atoms with Gasteiger partial charge in [0.25, 0.3) is 0 Å². The van der Waals surface area contributed by atoms with E-state index in [1.54, 1.807) is 0 Å². The Morgan fingerprint density at radius 1 is 1.33 bits per heavy atom. The highest BCUT2D eigenvalue weighted by molar-refractivity contribution is 5.85. The van der Waals surface area contributed by atoms with Crippen LogP contribution in [-0.4, -0.2) is 52.5 Å². The molecule has 0 aliphatic carbocycles. The van der Waals surface area contributed by atoms with Crippen LogP contribution in [0, 0.1) is 0 Å². The summed E-state index contributed by atoms with van der Waals surface area (Å²) in [5.41, 5.74) is 10.5. The molecule has 0 saturated carbocycles. The lowest BCUT2D eigenvalue weighted by Gasteiger charge is -2.21. The van der Waals surface area contributed by atoms with Crippen LogP contribution in [0.1, 0.15) is 0 Å². The minimum absolute atomic E-state index is 0.562. The van der Waals surface area contributed by atoms with Gasteiger partial charge in [-0.15, -0.1) is 0 Å². The molecule has 0 rings (SSSR count). The highest BCUT2D eigenvalue weighted by Gasteiger charge is 2.26. The first-order valence-electron chi connectivity index (χ1n) is 3.48. The second-order valence-corrected chi connectivity index (χ2v) is 2.48. The van der Waals surface area contributed by atoms with Crippen LogP contribution < -0.4 is 11.5 Å². The summed E-state index contributed by atoms with van der Waals surface area (Å²) in [5.74, 6) is -0.657. The van der Waals surface area contributed by atoms with Gasteiger partial charge in [-0.05, 0) is 0 Å². The number of carbonyl (C=O) groups excluding carboxylic acids is 1. The lowest BCUT2D eigenvalue weighted by atomic mass is 10.0. The third kappa shape index (κ3) is 2.84. The van der Waals surface area contributed by atoms with Gasteiger partial charge in [-0.2, -0.15) is 0 Å². The molecule has 0 aliphatic heterocycles. The molecule has 0 aromatic heterocycles. The number of rotatable bonds is 5. The largest absolute Gasteiger partial charge is 0.394 e. The molecule has 72 valence electrons. The molecule has 0 unspecified atom stereocenters. The van der Waals surface area contributed by atoms with E-state index < -0.39 is 37.2 Å². The lowest BCUT2D eigenvalue weighted by Crippen LogP contribution is -2.55. The van der Waals surface area contributed by atoms with Crippen molar-refractivity contribution in [3.8, 4) is 0 Å². The molecule has 12 heavy (non-hydrogen) atoms. The van der Waals surface area contributed by atoms with Crippen molar-refractivity contribution in [1.82, 2.24) is 0 Å². The fourth-order valence-corrected chi connectivity index (χ4v) is 0.681. The molecule has 0 radical (unpaired) electrons. The number of hydrogen-bond donors (Lipinski definition) is 5. The van der Waals surface area contributed by atoms with Gasteiger partial charge in [-0.25, -0.2) is 0 Å². The first-order chi connectivity index (χ1) is 5.54. The molecule has 3 atom stereocenters. The van der Waals surface area contributed by atoms with Gasteiger partial charge in [-0.1, -0.05) is 0 Å². The summed E-state index contributed by atoms with van der Waals surface area (Å²) < 4.78 is 0. The van der Waals surface area contributed by atoms with Crippen LogP contribution in [0.2, 0.25) is 0 Å². The topological polar surface area (TPSA) is 130 Å². The summed E-state index contributed by atoms with van der Waals surface area (Å²) in [5, 5.41) is 25.8. The van der Waals surface area contributed by atoms with Gasteiger partial charge < -0.3 is 26.8 Å². The third-order valence-electron chi connectivity index (χ3n) is 1.57. The molecule has 0 saturated heterocycles. The number of nitrogens with two attached hydrogens (primary N) is 2. The Hall–Kier alpha value is -0.530. The molecular formula is C6H14N2O4. The number of hydrogen-bond acceptors (Lipinski definition) is 6. The predicted molar refractivity (Wildman–Crippen MR) is 41.1 cm³/mol. The highest BCUT2D eigenvalue weighted by Crippen LogP contribution is 1.95. The molecular weight excluding hydrogens is 164 g/mol. The zero-order valence-electron chi connectivity index (χ0n) is 6.55. The van der Waals surface area contributed by atoms with Crippen LogP contribution in [0.25, 0.3) is 0 Å². The van der Waals surface area contributed by atoms with Crippen LogP contribution in [0.3, 0.4) is 0 Å². The van der Waals surface area contributed by atoms with Gasteiger partial charge in [0.2, 0.25) is 0 Å². The van der Waals surface area contributed by atoms with E-state index in [0.29, 0.717) is 0 Å². The Morgan fingerprint density at radius 3 is 2.17 bits per heavy atom. The third-order valence-corrected chi connectivity index (χ3v) is 1.57. The van der Waals surface area contributed by atoms with E-state index in [1.807, 2.05) is 0 Å². The van der Waals surface area contributed by atoms with Gasteiger partial charge >= 0.3 is 0 Å². The molecule has 0 amide bonds. The van der Waals surface area contributed by atoms with Crippen molar-refractivity contribution < 1.29 is 20.1 Å². The van der Waals surface area contributed by atoms with Crippen molar-refractivity contribution in [2.45, 2.75) is 18.2 Å². The van der Waals surface area contributed by atoms with E-state index in [4.69, 9.17) is 26.8 Å². The molecule has 0 heterocycles. The Bertz CT molecular complexity index is 152. The maximum atomic E-state index is 10.7. The summed E-state index contributed by atoms with van der Waals surface area (Å²) in [6.45, 7) is -1.28. The average Bonchev–Trinajstić information content (AvgIpc) is 2.12. The van der Waals surface area contributed by atoms with Crippen LogP contribution in [0.5, 0.6) is 0 Å². The van der Waals surface area contributed by atoms with Crippen molar-refractivity contribution >= 4 is 5.78 Å². The maximum Gasteiger partial charge on any atom is 0.176 e. The van der Waals surface area contributed by atoms with Crippen molar-refractivity contribution in [3.05, 3.63) is 0 Å². The van der Waals surface area contributed by atoms with Crippen molar-refractivity contribution in [2.75, 3.05) is 13.2 Å². The molecule has 0 fully saturated rings. The first kappa shape index (κ1) is 11.5. The molecule has 6 heteroatoms. The molecule has 0 aromatic carbocycles. The zero-order valence-corrected chi connectivity index (χ0v) is 6.55. The average molecular weight is 178 g/mol. The van der Waals surface area contributed by atoms with Crippen LogP contribution >= 0.6 is 0 Å². The minimum Gasteiger partial charge on any atom is -0.394 e. The van der Waals surface area contributed by atoms with E-state index in [1.165, 1.54) is 0 Å². The lowest BCUT2D eigenvalue weighted by molar-refractivity contribution is -0.124. The normalized spacial score (nSPS) is 18.4. The molecule has 0 aliphatic rings. The zero-order chi connectivity index (χ0) is 9.72. The smallest absolute Gasteiger partial charge is 0.176 e. The van der Waals surface area contributed by atoms with Crippen molar-refractivity contribution in [3.63, 3.8) is 0 Å².